The number of nitrogens with zero attached hydrogens (tertiary/aromatic N) is 2. The Morgan fingerprint density at radius 1 is 1.04 bits per heavy atom. The molecule has 1 amide bonds. The molecule has 0 radical (unpaired) electrons. The summed E-state index contributed by atoms with van der Waals surface area (Å²) in [7, 11) is 0. The van der Waals surface area contributed by atoms with Crippen molar-refractivity contribution in [2.24, 2.45) is 0 Å². The molecule has 126 valence electrons. The van der Waals surface area contributed by atoms with Crippen molar-refractivity contribution in [2.75, 3.05) is 11.9 Å². The van der Waals surface area contributed by atoms with E-state index >= 15 is 0 Å². The van der Waals surface area contributed by atoms with Crippen molar-refractivity contribution in [3.05, 3.63) is 65.2 Å². The van der Waals surface area contributed by atoms with Crippen molar-refractivity contribution in [3.8, 4) is 11.1 Å². The molecule has 1 N–H and O–H groups in total. The smallest absolute Gasteiger partial charge is 0.257 e. The van der Waals surface area contributed by atoms with Gasteiger partial charge < -0.3 is 4.74 Å². The number of nitrogens with one attached hydrogen (secondary N) is 1. The topological polar surface area (TPSA) is 64.1 Å². The predicted octanol–water partition coefficient (Wildman–Crippen LogP) is 4.31. The van der Waals surface area contributed by atoms with E-state index in [9.17, 15) is 4.79 Å². The number of ether oxygens (including phenoxy) is 1. The number of rotatable bonds is 4. The lowest BCUT2D eigenvalue weighted by Crippen LogP contribution is -2.11. The molecule has 2 aromatic carbocycles. The van der Waals surface area contributed by atoms with Crippen molar-refractivity contribution in [2.45, 2.75) is 18.9 Å². The average molecular weight is 351 g/mol. The molecule has 5 nitrogen and oxygen atoms in total. The number of carbonyl (C=O) groups excluding carboxylic acids is 1. The van der Waals surface area contributed by atoms with Crippen LogP contribution in [0.15, 0.2) is 54.6 Å². The lowest BCUT2D eigenvalue weighted by atomic mass is 10.0. The summed E-state index contributed by atoms with van der Waals surface area (Å²) in [6.07, 6.45) is 2.02. The highest BCUT2D eigenvalue weighted by molar-refractivity contribution is 7.15. The fourth-order valence-electron chi connectivity index (χ4n) is 2.80. The number of benzene rings is 2. The van der Waals surface area contributed by atoms with Gasteiger partial charge in [-0.05, 0) is 36.1 Å². The molecule has 1 atom stereocenters. The SMILES string of the molecule is O=C(Nc1nnc(C2CCCO2)s1)c1ccc(-c2ccccc2)cc1. The van der Waals surface area contributed by atoms with Crippen LogP contribution in [0.3, 0.4) is 0 Å². The fourth-order valence-corrected chi connectivity index (χ4v) is 3.62. The summed E-state index contributed by atoms with van der Waals surface area (Å²) in [6, 6.07) is 17.6. The zero-order valence-corrected chi connectivity index (χ0v) is 14.3. The van der Waals surface area contributed by atoms with E-state index in [1.807, 2.05) is 54.6 Å². The molecule has 1 aromatic heterocycles. The van der Waals surface area contributed by atoms with E-state index in [0.717, 1.165) is 35.6 Å². The van der Waals surface area contributed by atoms with Gasteiger partial charge in [-0.3, -0.25) is 10.1 Å². The molecule has 2 heterocycles. The second-order valence-corrected chi connectivity index (χ2v) is 6.85. The standard InChI is InChI=1S/C19H17N3O2S/c23-17(20-19-22-21-18(25-19)16-7-4-12-24-16)15-10-8-14(9-11-15)13-5-2-1-3-6-13/h1-3,5-6,8-11,16H,4,7,12H2,(H,20,22,23). The Morgan fingerprint density at radius 2 is 1.80 bits per heavy atom. The van der Waals surface area contributed by atoms with Gasteiger partial charge in [0.1, 0.15) is 11.1 Å². The van der Waals surface area contributed by atoms with E-state index in [2.05, 4.69) is 15.5 Å². The molecular formula is C19H17N3O2S. The molecule has 0 aliphatic carbocycles. The third kappa shape index (κ3) is 3.60. The fraction of sp³-hybridized carbons (Fsp3) is 0.211. The minimum Gasteiger partial charge on any atom is -0.371 e. The average Bonchev–Trinajstić information content (AvgIpc) is 3.34. The number of carbonyl (C=O) groups is 1. The number of hydrogen-bond acceptors (Lipinski definition) is 5. The Bertz CT molecular complexity index is 856. The normalized spacial score (nSPS) is 16.7. The first-order chi connectivity index (χ1) is 12.3. The summed E-state index contributed by atoms with van der Waals surface area (Å²) >= 11 is 1.37. The van der Waals surface area contributed by atoms with Crippen molar-refractivity contribution < 1.29 is 9.53 Å². The first kappa shape index (κ1) is 15.9. The Hall–Kier alpha value is -2.57. The highest BCUT2D eigenvalue weighted by Gasteiger charge is 2.22. The van der Waals surface area contributed by atoms with Crippen LogP contribution in [-0.2, 0) is 4.74 Å². The Kier molecular flexibility index (Phi) is 4.54. The second kappa shape index (κ2) is 7.13. The quantitative estimate of drug-likeness (QED) is 0.761. The number of anilines is 1. The molecule has 1 fully saturated rings. The summed E-state index contributed by atoms with van der Waals surface area (Å²) in [4.78, 5) is 12.4. The Labute approximate surface area is 149 Å². The largest absolute Gasteiger partial charge is 0.371 e. The first-order valence-electron chi connectivity index (χ1n) is 8.21. The number of amides is 1. The summed E-state index contributed by atoms with van der Waals surface area (Å²) in [5.74, 6) is -0.186. The molecule has 0 spiro atoms. The third-order valence-electron chi connectivity index (χ3n) is 4.12. The van der Waals surface area contributed by atoms with Crippen LogP contribution in [0.25, 0.3) is 11.1 Å². The van der Waals surface area contributed by atoms with Gasteiger partial charge in [0.05, 0.1) is 0 Å². The van der Waals surface area contributed by atoms with Crippen LogP contribution in [-0.4, -0.2) is 22.7 Å². The van der Waals surface area contributed by atoms with Crippen LogP contribution >= 0.6 is 11.3 Å². The minimum atomic E-state index is -0.186. The van der Waals surface area contributed by atoms with Gasteiger partial charge in [0.2, 0.25) is 5.13 Å². The molecule has 4 rings (SSSR count). The maximum Gasteiger partial charge on any atom is 0.257 e. The molecule has 3 aromatic rings. The highest BCUT2D eigenvalue weighted by Crippen LogP contribution is 2.32. The Balaban J connectivity index is 1.44. The van der Waals surface area contributed by atoms with Gasteiger partial charge in [-0.1, -0.05) is 53.8 Å². The molecular weight excluding hydrogens is 334 g/mol. The van der Waals surface area contributed by atoms with Crippen molar-refractivity contribution in [1.29, 1.82) is 0 Å². The monoisotopic (exact) mass is 351 g/mol. The van der Waals surface area contributed by atoms with Crippen LogP contribution in [0.4, 0.5) is 5.13 Å². The molecule has 0 saturated carbocycles. The van der Waals surface area contributed by atoms with Gasteiger partial charge in [0.25, 0.3) is 5.91 Å². The molecule has 1 aliphatic rings. The molecule has 1 aliphatic heterocycles. The summed E-state index contributed by atoms with van der Waals surface area (Å²) in [6.45, 7) is 0.764. The van der Waals surface area contributed by atoms with E-state index in [4.69, 9.17) is 4.74 Å². The highest BCUT2D eigenvalue weighted by atomic mass is 32.1. The van der Waals surface area contributed by atoms with E-state index in [-0.39, 0.29) is 12.0 Å². The van der Waals surface area contributed by atoms with Gasteiger partial charge in [0, 0.05) is 12.2 Å². The van der Waals surface area contributed by atoms with Gasteiger partial charge in [-0.25, -0.2) is 0 Å². The minimum absolute atomic E-state index is 0.0216. The lowest BCUT2D eigenvalue weighted by Gasteiger charge is -2.04. The van der Waals surface area contributed by atoms with Crippen molar-refractivity contribution in [1.82, 2.24) is 10.2 Å². The van der Waals surface area contributed by atoms with E-state index in [1.54, 1.807) is 0 Å². The Morgan fingerprint density at radius 3 is 2.52 bits per heavy atom. The van der Waals surface area contributed by atoms with Crippen LogP contribution < -0.4 is 5.32 Å². The lowest BCUT2D eigenvalue weighted by molar-refractivity contribution is 0.102. The maximum absolute atomic E-state index is 12.4. The van der Waals surface area contributed by atoms with E-state index in [1.165, 1.54) is 11.3 Å². The molecule has 25 heavy (non-hydrogen) atoms. The van der Waals surface area contributed by atoms with Crippen molar-refractivity contribution >= 4 is 22.4 Å². The van der Waals surface area contributed by atoms with Crippen LogP contribution in [0, 0.1) is 0 Å². The summed E-state index contributed by atoms with van der Waals surface area (Å²) < 4.78 is 5.59. The van der Waals surface area contributed by atoms with E-state index < -0.39 is 0 Å². The van der Waals surface area contributed by atoms with Crippen LogP contribution in [0.2, 0.25) is 0 Å². The summed E-state index contributed by atoms with van der Waals surface area (Å²) in [5, 5.41) is 12.3. The summed E-state index contributed by atoms with van der Waals surface area (Å²) in [5.41, 5.74) is 2.79. The molecule has 1 saturated heterocycles. The third-order valence-corrected chi connectivity index (χ3v) is 5.05. The van der Waals surface area contributed by atoms with Crippen molar-refractivity contribution in [3.63, 3.8) is 0 Å². The number of aromatic nitrogens is 2. The van der Waals surface area contributed by atoms with Gasteiger partial charge in [-0.2, -0.15) is 0 Å². The van der Waals surface area contributed by atoms with Gasteiger partial charge in [0.15, 0.2) is 0 Å². The molecule has 6 heteroatoms. The van der Waals surface area contributed by atoms with Gasteiger partial charge >= 0.3 is 0 Å². The van der Waals surface area contributed by atoms with Gasteiger partial charge in [-0.15, -0.1) is 10.2 Å². The zero-order chi connectivity index (χ0) is 17.1. The van der Waals surface area contributed by atoms with Crippen LogP contribution in [0.1, 0.15) is 34.3 Å². The number of hydrogen-bond donors (Lipinski definition) is 1. The second-order valence-electron chi connectivity index (χ2n) is 5.84. The predicted molar refractivity (Wildman–Crippen MR) is 97.7 cm³/mol. The molecule has 1 unspecified atom stereocenters. The maximum atomic E-state index is 12.4. The van der Waals surface area contributed by atoms with Crippen LogP contribution in [0.5, 0.6) is 0 Å². The first-order valence-corrected chi connectivity index (χ1v) is 9.03. The van der Waals surface area contributed by atoms with E-state index in [0.29, 0.717) is 10.7 Å². The zero-order valence-electron chi connectivity index (χ0n) is 13.5. The molecule has 0 bridgehead atoms.